The lowest BCUT2D eigenvalue weighted by atomic mass is 10.2. The Morgan fingerprint density at radius 2 is 2.00 bits per heavy atom. The molecule has 16 heavy (non-hydrogen) atoms. The average molecular weight is 250 g/mol. The molecule has 0 atom stereocenters. The van der Waals surface area contributed by atoms with E-state index in [1.807, 2.05) is 17.5 Å². The quantitative estimate of drug-likeness (QED) is 0.847. The predicted molar refractivity (Wildman–Crippen MR) is 68.9 cm³/mol. The van der Waals surface area contributed by atoms with Crippen LogP contribution in [0.5, 0.6) is 5.75 Å². The van der Waals surface area contributed by atoms with Crippen LogP contribution in [-0.4, -0.2) is 10.2 Å². The predicted octanol–water partition coefficient (Wildman–Crippen LogP) is 3.35. The number of thiophene rings is 1. The van der Waals surface area contributed by atoms with Gasteiger partial charge in [0, 0.05) is 10.4 Å². The highest BCUT2D eigenvalue weighted by atomic mass is 32.1. The van der Waals surface area contributed by atoms with Crippen molar-refractivity contribution in [1.29, 1.82) is 0 Å². The number of benzene rings is 1. The molecule has 1 heterocycles. The molecule has 1 N–H and O–H groups in total. The van der Waals surface area contributed by atoms with Crippen LogP contribution in [0, 0.1) is 0 Å². The van der Waals surface area contributed by atoms with Crippen molar-refractivity contribution in [2.75, 3.05) is 0 Å². The highest BCUT2D eigenvalue weighted by molar-refractivity contribution is 7.80. The minimum atomic E-state index is 0.227. The number of phenols is 1. The maximum Gasteiger partial charge on any atom is 0.191 e. The second-order valence-corrected chi connectivity index (χ2v) is 4.61. The van der Waals surface area contributed by atoms with E-state index in [2.05, 4.69) is 0 Å². The van der Waals surface area contributed by atoms with Gasteiger partial charge in [0.05, 0.1) is 0 Å². The molecule has 0 bridgehead atoms. The zero-order valence-corrected chi connectivity index (χ0v) is 10.1. The molecule has 2 rings (SSSR count). The summed E-state index contributed by atoms with van der Waals surface area (Å²) in [7, 11) is 0. The Hall–Kier alpha value is -1.39. The van der Waals surface area contributed by atoms with E-state index >= 15 is 0 Å². The molecule has 4 heteroatoms. The summed E-state index contributed by atoms with van der Waals surface area (Å²) in [4.78, 5) is 1.14. The van der Waals surface area contributed by atoms with Crippen molar-refractivity contribution < 1.29 is 9.84 Å². The zero-order valence-electron chi connectivity index (χ0n) is 8.42. The van der Waals surface area contributed by atoms with Crippen molar-refractivity contribution in [2.24, 2.45) is 0 Å². The van der Waals surface area contributed by atoms with Gasteiger partial charge in [-0.25, -0.2) is 0 Å². The average Bonchev–Trinajstić information content (AvgIpc) is 2.80. The summed E-state index contributed by atoms with van der Waals surface area (Å²) in [5, 5.41) is 11.6. The number of aromatic hydroxyl groups is 1. The Kier molecular flexibility index (Phi) is 3.54. The second kappa shape index (κ2) is 5.09. The fourth-order valence-electron chi connectivity index (χ4n) is 1.21. The molecular weight excluding hydrogens is 240 g/mol. The molecule has 1 aromatic heterocycles. The third-order valence-electron chi connectivity index (χ3n) is 2.03. The lowest BCUT2D eigenvalue weighted by molar-refractivity contribution is 0.306. The van der Waals surface area contributed by atoms with Gasteiger partial charge >= 0.3 is 0 Å². The molecular formula is C12H10O2S2. The van der Waals surface area contributed by atoms with Gasteiger partial charge in [0.2, 0.25) is 0 Å². The highest BCUT2D eigenvalue weighted by Crippen LogP contribution is 2.14. The first-order chi connectivity index (χ1) is 7.75. The van der Waals surface area contributed by atoms with Gasteiger partial charge < -0.3 is 9.84 Å². The first-order valence-corrected chi connectivity index (χ1v) is 6.03. The van der Waals surface area contributed by atoms with Crippen LogP contribution in [0.15, 0.2) is 41.8 Å². The van der Waals surface area contributed by atoms with Crippen molar-refractivity contribution in [3.8, 4) is 5.75 Å². The molecule has 0 saturated carbocycles. The minimum absolute atomic E-state index is 0.227. The van der Waals surface area contributed by atoms with Gasteiger partial charge in [0.1, 0.15) is 12.4 Å². The van der Waals surface area contributed by atoms with Crippen LogP contribution in [0.4, 0.5) is 0 Å². The number of hydrogen-bond donors (Lipinski definition) is 1. The maximum absolute atomic E-state index is 9.14. The van der Waals surface area contributed by atoms with Gasteiger partial charge in [0.25, 0.3) is 0 Å². The lowest BCUT2D eigenvalue weighted by Crippen LogP contribution is -2.02. The Labute approximate surface area is 103 Å². The van der Waals surface area contributed by atoms with Crippen molar-refractivity contribution in [2.45, 2.75) is 6.61 Å². The first kappa shape index (κ1) is 11.1. The summed E-state index contributed by atoms with van der Waals surface area (Å²) >= 11 is 6.78. The van der Waals surface area contributed by atoms with Gasteiger partial charge in [-0.3, -0.25) is 0 Å². The molecule has 0 fully saturated rings. The molecule has 0 aliphatic rings. The van der Waals surface area contributed by atoms with E-state index < -0.39 is 0 Å². The maximum atomic E-state index is 9.14. The SMILES string of the molecule is Oc1ccc(C(=S)OCc2cccs2)cc1. The fourth-order valence-corrected chi connectivity index (χ4v) is 2.02. The lowest BCUT2D eigenvalue weighted by Gasteiger charge is -2.06. The normalized spacial score (nSPS) is 10.0. The van der Waals surface area contributed by atoms with E-state index in [1.54, 1.807) is 35.6 Å². The largest absolute Gasteiger partial charge is 0.508 e. The van der Waals surface area contributed by atoms with Crippen LogP contribution < -0.4 is 0 Å². The third kappa shape index (κ3) is 2.81. The first-order valence-electron chi connectivity index (χ1n) is 4.74. The highest BCUT2D eigenvalue weighted by Gasteiger charge is 2.03. The van der Waals surface area contributed by atoms with E-state index in [0.717, 1.165) is 10.4 Å². The number of thiocarbonyl (C=S) groups is 1. The smallest absolute Gasteiger partial charge is 0.191 e. The van der Waals surface area contributed by atoms with Gasteiger partial charge in [0.15, 0.2) is 5.05 Å². The van der Waals surface area contributed by atoms with Crippen LogP contribution in [0.3, 0.4) is 0 Å². The molecule has 0 aliphatic carbocycles. The molecule has 0 radical (unpaired) electrons. The van der Waals surface area contributed by atoms with E-state index in [1.165, 1.54) is 0 Å². The van der Waals surface area contributed by atoms with Gasteiger partial charge in [-0.2, -0.15) is 0 Å². The summed E-state index contributed by atoms with van der Waals surface area (Å²) < 4.78 is 5.47. The summed E-state index contributed by atoms with van der Waals surface area (Å²) in [6.07, 6.45) is 0. The van der Waals surface area contributed by atoms with Gasteiger partial charge in [-0.05, 0) is 47.9 Å². The molecule has 82 valence electrons. The molecule has 0 saturated heterocycles. The Balaban J connectivity index is 1.95. The van der Waals surface area contributed by atoms with Crippen molar-refractivity contribution >= 4 is 28.6 Å². The van der Waals surface area contributed by atoms with E-state index in [4.69, 9.17) is 22.1 Å². The number of ether oxygens (including phenoxy) is 1. The second-order valence-electron chi connectivity index (χ2n) is 3.20. The van der Waals surface area contributed by atoms with Crippen LogP contribution in [0.1, 0.15) is 10.4 Å². The van der Waals surface area contributed by atoms with Crippen LogP contribution in [0.2, 0.25) is 0 Å². The minimum Gasteiger partial charge on any atom is -0.508 e. The molecule has 2 nitrogen and oxygen atoms in total. The van der Waals surface area contributed by atoms with Crippen LogP contribution >= 0.6 is 23.6 Å². The molecule has 0 amide bonds. The third-order valence-corrected chi connectivity index (χ3v) is 3.23. The van der Waals surface area contributed by atoms with E-state index in [0.29, 0.717) is 11.7 Å². The van der Waals surface area contributed by atoms with Crippen molar-refractivity contribution in [3.63, 3.8) is 0 Å². The molecule has 0 unspecified atom stereocenters. The van der Waals surface area contributed by atoms with Crippen molar-refractivity contribution in [3.05, 3.63) is 52.2 Å². The van der Waals surface area contributed by atoms with E-state index in [-0.39, 0.29) is 5.75 Å². The fraction of sp³-hybridized carbons (Fsp3) is 0.0833. The molecule has 2 aromatic rings. The summed E-state index contributed by atoms with van der Waals surface area (Å²) in [6.45, 7) is 0.497. The summed E-state index contributed by atoms with van der Waals surface area (Å²) in [5.41, 5.74) is 0.810. The Morgan fingerprint density at radius 1 is 1.25 bits per heavy atom. The number of hydrogen-bond acceptors (Lipinski definition) is 4. The zero-order chi connectivity index (χ0) is 11.4. The molecule has 0 spiro atoms. The van der Waals surface area contributed by atoms with E-state index in [9.17, 15) is 0 Å². The van der Waals surface area contributed by atoms with Gasteiger partial charge in [-0.1, -0.05) is 6.07 Å². The van der Waals surface area contributed by atoms with Crippen LogP contribution in [0.25, 0.3) is 0 Å². The molecule has 0 aliphatic heterocycles. The van der Waals surface area contributed by atoms with Crippen molar-refractivity contribution in [1.82, 2.24) is 0 Å². The summed E-state index contributed by atoms with van der Waals surface area (Å²) in [5.74, 6) is 0.227. The Morgan fingerprint density at radius 3 is 2.62 bits per heavy atom. The number of phenolic OH excluding ortho intramolecular Hbond substituents is 1. The van der Waals surface area contributed by atoms with Gasteiger partial charge in [-0.15, -0.1) is 11.3 Å². The standard InChI is InChI=1S/C12H10O2S2/c13-10-5-3-9(4-6-10)12(15)14-8-11-2-1-7-16-11/h1-7,13H,8H2. The monoisotopic (exact) mass is 250 g/mol. The Bertz CT molecular complexity index is 460. The number of rotatable bonds is 3. The topological polar surface area (TPSA) is 29.5 Å². The molecule has 1 aromatic carbocycles. The van der Waals surface area contributed by atoms with Crippen LogP contribution in [-0.2, 0) is 11.3 Å². The summed E-state index contributed by atoms with van der Waals surface area (Å²) in [6, 6.07) is 10.7.